The van der Waals surface area contributed by atoms with Crippen LogP contribution in [0.1, 0.15) is 17.7 Å². The number of aromatic nitrogens is 1. The van der Waals surface area contributed by atoms with Gasteiger partial charge in [-0.15, -0.1) is 0 Å². The zero-order valence-corrected chi connectivity index (χ0v) is 12.3. The summed E-state index contributed by atoms with van der Waals surface area (Å²) in [5, 5.41) is 3.87. The first-order valence-electron chi connectivity index (χ1n) is 7.48. The molecule has 1 atom stereocenters. The van der Waals surface area contributed by atoms with E-state index in [1.54, 1.807) is 6.20 Å². The summed E-state index contributed by atoms with van der Waals surface area (Å²) in [6.07, 6.45) is 2.96. The molecule has 0 spiro atoms. The minimum Gasteiger partial charge on any atom is -0.434 e. The van der Waals surface area contributed by atoms with E-state index in [0.717, 1.165) is 41.7 Å². The first-order chi connectivity index (χ1) is 11.1. The number of fused-ring (bicyclic) bond motifs is 3. The summed E-state index contributed by atoms with van der Waals surface area (Å²) < 4.78 is 10.3. The lowest BCUT2D eigenvalue weighted by Crippen LogP contribution is -2.32. The minimum absolute atomic E-state index is 0.144. The van der Waals surface area contributed by atoms with Gasteiger partial charge in [-0.1, -0.05) is 11.2 Å². The molecule has 1 fully saturated rings. The number of carbonyl (C=O) groups excluding carboxylic acids is 2. The van der Waals surface area contributed by atoms with Crippen molar-refractivity contribution in [2.75, 3.05) is 11.4 Å². The molecule has 2 aliphatic rings. The molecule has 0 saturated carbocycles. The molecular formula is C16H15N3O4. The number of benzene rings is 1. The second-order valence-electron chi connectivity index (χ2n) is 5.74. The molecule has 7 nitrogen and oxygen atoms in total. The van der Waals surface area contributed by atoms with Gasteiger partial charge in [0.1, 0.15) is 5.76 Å². The number of amides is 2. The Morgan fingerprint density at radius 2 is 2.17 bits per heavy atom. The molecule has 4 rings (SSSR count). The summed E-state index contributed by atoms with van der Waals surface area (Å²) in [5.74, 6) is 0.260. The normalized spacial score (nSPS) is 19.7. The van der Waals surface area contributed by atoms with Crippen molar-refractivity contribution >= 4 is 17.7 Å². The van der Waals surface area contributed by atoms with Crippen LogP contribution in [0.2, 0.25) is 0 Å². The lowest BCUT2D eigenvalue weighted by molar-refractivity contribution is -0.124. The van der Waals surface area contributed by atoms with E-state index in [0.29, 0.717) is 5.69 Å². The summed E-state index contributed by atoms with van der Waals surface area (Å²) in [7, 11) is 0. The van der Waals surface area contributed by atoms with Crippen molar-refractivity contribution in [1.82, 2.24) is 5.16 Å². The van der Waals surface area contributed by atoms with Gasteiger partial charge >= 0.3 is 6.09 Å². The molecule has 118 valence electrons. The largest absolute Gasteiger partial charge is 0.434 e. The van der Waals surface area contributed by atoms with Crippen LogP contribution < -0.4 is 10.6 Å². The molecule has 7 heteroatoms. The Morgan fingerprint density at radius 1 is 1.30 bits per heavy atom. The van der Waals surface area contributed by atoms with Crippen LogP contribution in [0.3, 0.4) is 0 Å². The van der Waals surface area contributed by atoms with Crippen molar-refractivity contribution in [2.24, 2.45) is 5.73 Å². The van der Waals surface area contributed by atoms with Gasteiger partial charge in [-0.25, -0.2) is 4.79 Å². The highest BCUT2D eigenvalue weighted by Gasteiger charge is 2.36. The van der Waals surface area contributed by atoms with Crippen LogP contribution in [-0.2, 0) is 22.4 Å². The van der Waals surface area contributed by atoms with Crippen molar-refractivity contribution in [1.29, 1.82) is 0 Å². The van der Waals surface area contributed by atoms with Gasteiger partial charge in [-0.05, 0) is 36.1 Å². The summed E-state index contributed by atoms with van der Waals surface area (Å²) in [5.41, 5.74) is 9.12. The third-order valence-corrected chi connectivity index (χ3v) is 4.31. The molecule has 1 unspecified atom stereocenters. The van der Waals surface area contributed by atoms with Crippen LogP contribution in [0, 0.1) is 0 Å². The van der Waals surface area contributed by atoms with Crippen LogP contribution in [0.15, 0.2) is 28.9 Å². The topological polar surface area (TPSA) is 98.7 Å². The number of ether oxygens (including phenoxy) is 1. The Bertz CT molecular complexity index is 798. The van der Waals surface area contributed by atoms with E-state index in [1.165, 1.54) is 4.90 Å². The molecule has 2 aromatic rings. The Hall–Kier alpha value is -2.83. The molecule has 0 radical (unpaired) electrons. The minimum atomic E-state index is -0.897. The van der Waals surface area contributed by atoms with E-state index in [9.17, 15) is 9.59 Å². The van der Waals surface area contributed by atoms with Crippen LogP contribution in [0.5, 0.6) is 0 Å². The van der Waals surface area contributed by atoms with Crippen LogP contribution in [0.25, 0.3) is 11.1 Å². The third kappa shape index (κ3) is 2.25. The fraction of sp³-hybridized carbons (Fsp3) is 0.312. The first kappa shape index (κ1) is 13.8. The number of cyclic esters (lactones) is 1. The second-order valence-corrected chi connectivity index (χ2v) is 5.74. The summed E-state index contributed by atoms with van der Waals surface area (Å²) >= 11 is 0. The lowest BCUT2D eigenvalue weighted by atomic mass is 9.99. The van der Waals surface area contributed by atoms with E-state index < -0.39 is 18.1 Å². The molecule has 2 amide bonds. The quantitative estimate of drug-likeness (QED) is 0.908. The van der Waals surface area contributed by atoms with Crippen LogP contribution in [-0.4, -0.2) is 29.8 Å². The number of nitrogens with two attached hydrogens (primary N) is 1. The van der Waals surface area contributed by atoms with Gasteiger partial charge in [0.05, 0.1) is 12.7 Å². The second kappa shape index (κ2) is 5.12. The average Bonchev–Trinajstić information content (AvgIpc) is 3.10. The van der Waals surface area contributed by atoms with Gasteiger partial charge in [-0.3, -0.25) is 9.69 Å². The van der Waals surface area contributed by atoms with E-state index in [-0.39, 0.29) is 6.54 Å². The van der Waals surface area contributed by atoms with Gasteiger partial charge in [-0.2, -0.15) is 0 Å². The fourth-order valence-corrected chi connectivity index (χ4v) is 3.14. The number of rotatable bonds is 2. The van der Waals surface area contributed by atoms with E-state index >= 15 is 0 Å². The van der Waals surface area contributed by atoms with E-state index in [4.69, 9.17) is 15.0 Å². The van der Waals surface area contributed by atoms with E-state index in [1.807, 2.05) is 18.2 Å². The Morgan fingerprint density at radius 3 is 2.96 bits per heavy atom. The highest BCUT2D eigenvalue weighted by Crippen LogP contribution is 2.35. The highest BCUT2D eigenvalue weighted by atomic mass is 16.6. The maximum absolute atomic E-state index is 12.0. The molecule has 1 aromatic carbocycles. The third-order valence-electron chi connectivity index (χ3n) is 4.31. The first-order valence-corrected chi connectivity index (χ1v) is 7.48. The molecular weight excluding hydrogens is 298 g/mol. The maximum atomic E-state index is 12.0. The van der Waals surface area contributed by atoms with Crippen molar-refractivity contribution in [3.63, 3.8) is 0 Å². The van der Waals surface area contributed by atoms with Crippen LogP contribution in [0.4, 0.5) is 10.5 Å². The molecule has 1 aromatic heterocycles. The summed E-state index contributed by atoms with van der Waals surface area (Å²) in [6, 6.07) is 5.75. The molecule has 0 bridgehead atoms. The van der Waals surface area contributed by atoms with Gasteiger partial charge in [0.15, 0.2) is 6.10 Å². The molecule has 1 saturated heterocycles. The van der Waals surface area contributed by atoms with Crippen molar-refractivity contribution in [2.45, 2.75) is 25.4 Å². The zero-order valence-electron chi connectivity index (χ0n) is 12.3. The standard InChI is InChI=1S/C16H15N3O4/c17-15(20)14-8-19(16(21)22-14)10-4-5-11-9(6-10)2-1-3-13-12(11)7-18-23-13/h4-7,14H,1-3,8H2,(H2,17,20). The monoisotopic (exact) mass is 313 g/mol. The molecule has 2 heterocycles. The lowest BCUT2D eigenvalue weighted by Gasteiger charge is -2.15. The summed E-state index contributed by atoms with van der Waals surface area (Å²) in [4.78, 5) is 24.6. The predicted molar refractivity (Wildman–Crippen MR) is 80.8 cm³/mol. The van der Waals surface area contributed by atoms with Crippen molar-refractivity contribution in [3.05, 3.63) is 35.7 Å². The Kier molecular flexibility index (Phi) is 3.07. The number of primary amides is 1. The van der Waals surface area contributed by atoms with Crippen LogP contribution >= 0.6 is 0 Å². The molecule has 23 heavy (non-hydrogen) atoms. The number of nitrogens with zero attached hydrogens (tertiary/aromatic N) is 2. The number of carbonyl (C=O) groups is 2. The van der Waals surface area contributed by atoms with Crippen molar-refractivity contribution < 1.29 is 18.8 Å². The maximum Gasteiger partial charge on any atom is 0.415 e. The highest BCUT2D eigenvalue weighted by molar-refractivity contribution is 5.95. The van der Waals surface area contributed by atoms with Gasteiger partial charge in [0.25, 0.3) is 5.91 Å². The average molecular weight is 313 g/mol. The fourth-order valence-electron chi connectivity index (χ4n) is 3.14. The molecule has 1 aliphatic carbocycles. The van der Waals surface area contributed by atoms with Gasteiger partial charge in [0.2, 0.25) is 0 Å². The number of anilines is 1. The molecule has 2 N–H and O–H groups in total. The predicted octanol–water partition coefficient (Wildman–Crippen LogP) is 1.64. The Balaban J connectivity index is 1.70. The Labute approximate surface area is 132 Å². The zero-order chi connectivity index (χ0) is 16.0. The van der Waals surface area contributed by atoms with E-state index in [2.05, 4.69) is 5.16 Å². The molecule has 1 aliphatic heterocycles. The number of hydrogen-bond donors (Lipinski definition) is 1. The van der Waals surface area contributed by atoms with Crippen molar-refractivity contribution in [3.8, 4) is 11.1 Å². The SMILES string of the molecule is NC(=O)C1CN(c2ccc3c(c2)CCCc2oncc2-3)C(=O)O1. The number of aryl methyl sites for hydroxylation is 2. The number of hydrogen-bond acceptors (Lipinski definition) is 5. The smallest absolute Gasteiger partial charge is 0.415 e. The van der Waals surface area contributed by atoms with Gasteiger partial charge in [0, 0.05) is 17.7 Å². The summed E-state index contributed by atoms with van der Waals surface area (Å²) in [6.45, 7) is 0.144. The van der Waals surface area contributed by atoms with Gasteiger partial charge < -0.3 is 15.0 Å².